The molecule has 3 radical (unpaired) electrons. The number of benzene rings is 2. The number of rotatable bonds is 5. The van der Waals surface area contributed by atoms with Crippen LogP contribution < -0.4 is 10.2 Å². The average molecular weight is 537 g/mol. The van der Waals surface area contributed by atoms with Crippen molar-refractivity contribution in [1.82, 2.24) is 0 Å². The number of hydrogen-bond donors (Lipinski definition) is 0. The molecule has 1 N–H and O–H groups in total. The Kier molecular flexibility index (Phi) is 14.9. The van der Waals surface area contributed by atoms with Gasteiger partial charge in [0.05, 0.1) is 0 Å². The normalized spacial score (nSPS) is 12.0. The Bertz CT molecular complexity index is 944. The number of carbonyl (C=O) groups excluding carboxylic acids is 2. The van der Waals surface area contributed by atoms with Crippen molar-refractivity contribution in [1.29, 1.82) is 0 Å². The first-order chi connectivity index (χ1) is 15.1. The van der Waals surface area contributed by atoms with Crippen molar-refractivity contribution in [2.45, 2.75) is 27.7 Å². The third-order valence-corrected chi connectivity index (χ3v) is 4.06. The zero-order chi connectivity index (χ0) is 24.5. The maximum absolute atomic E-state index is 9.98. The van der Waals surface area contributed by atoms with E-state index in [1.54, 1.807) is 0 Å². The molecule has 0 aliphatic heterocycles. The van der Waals surface area contributed by atoms with Gasteiger partial charge in [-0.2, -0.15) is 0 Å². The van der Waals surface area contributed by atoms with Crippen LogP contribution in [0.25, 0.3) is 11.4 Å². The van der Waals surface area contributed by atoms with E-state index in [0.29, 0.717) is 5.70 Å². The van der Waals surface area contributed by atoms with Crippen LogP contribution in [0.15, 0.2) is 93.6 Å². The van der Waals surface area contributed by atoms with Crippen LogP contribution in [-0.2, 0) is 9.59 Å². The Morgan fingerprint density at radius 2 is 1.12 bits per heavy atom. The van der Waals surface area contributed by atoms with E-state index in [-0.39, 0.29) is 23.1 Å². The number of hydrogen-bond acceptors (Lipinski definition) is 5. The fourth-order valence-electron chi connectivity index (χ4n) is 2.20. The van der Waals surface area contributed by atoms with Crippen LogP contribution in [0, 0.1) is 0 Å². The third kappa shape index (κ3) is 14.8. The molecule has 0 aliphatic rings. The van der Waals surface area contributed by atoms with E-state index in [2.05, 4.69) is 3.21 Å². The quantitative estimate of drug-likeness (QED) is 0.252. The summed E-state index contributed by atoms with van der Waals surface area (Å²) in [6.45, 7) is 5.39. The standard InChI is InChI=1S/C15H12N2.2C5H8O2.Sn/c16-14(12-7-3-1-4-8-12)11-15(17)13-9-5-2-6-10-13;2*1-4(6)3-5(2)7;/h1-11,16H;2*3,6H,1-2H3;/q-2;;;+1/p-2/b14-11-;2*4-3-;. The number of carbonyl (C=O) groups is 2. The summed E-state index contributed by atoms with van der Waals surface area (Å²) in [6.07, 6.45) is 3.93. The average Bonchev–Trinajstić information content (AvgIpc) is 2.72. The molecule has 0 fully saturated rings. The number of nitrogens with zero attached hydrogens (tertiary/aromatic N) is 1. The van der Waals surface area contributed by atoms with Crippen molar-refractivity contribution >= 4 is 45.8 Å². The molecule has 0 saturated carbocycles. The molecule has 0 saturated heterocycles. The zero-order valence-electron chi connectivity index (χ0n) is 18.6. The van der Waals surface area contributed by atoms with Crippen molar-refractivity contribution in [2.75, 3.05) is 0 Å². The van der Waals surface area contributed by atoms with E-state index in [1.165, 1.54) is 27.7 Å². The minimum atomic E-state index is -0.187. The van der Waals surface area contributed by atoms with Gasteiger partial charge in [-0.3, -0.25) is 9.59 Å². The van der Waals surface area contributed by atoms with Crippen molar-refractivity contribution in [3.8, 4) is 0 Å². The summed E-state index contributed by atoms with van der Waals surface area (Å²) in [5.74, 6) is -0.750. The summed E-state index contributed by atoms with van der Waals surface area (Å²) in [4.78, 5) is 20.0. The number of nitrogens with one attached hydrogen (secondary N) is 1. The molecular weight excluding hydrogens is 511 g/mol. The molecule has 2 aromatic carbocycles. The van der Waals surface area contributed by atoms with Gasteiger partial charge in [0.2, 0.25) is 0 Å². The molecule has 2 rings (SSSR count). The molecule has 0 unspecified atom stereocenters. The molecule has 0 bridgehead atoms. The van der Waals surface area contributed by atoms with E-state index >= 15 is 0 Å². The molecule has 7 heteroatoms. The van der Waals surface area contributed by atoms with E-state index < -0.39 is 0 Å². The van der Waals surface area contributed by atoms with E-state index in [1.807, 2.05) is 66.7 Å². The fraction of sp³-hybridized carbons (Fsp3) is 0.160. The SMILES string of the molecule is CC(=O)/C=C(/C)[O-].CC(=O)/C=C(/C)[O-].[NH-]/C(=C\C(=[N]/[Sn])c1ccccc1)c1ccccc1. The Labute approximate surface area is 203 Å². The van der Waals surface area contributed by atoms with Gasteiger partial charge < -0.3 is 10.2 Å². The molecule has 6 nitrogen and oxygen atoms in total. The third-order valence-electron chi connectivity index (χ3n) is 3.37. The second kappa shape index (κ2) is 16.5. The Balaban J connectivity index is 0.000000570. The van der Waals surface area contributed by atoms with Crippen molar-refractivity contribution in [3.05, 3.63) is 107 Å². The van der Waals surface area contributed by atoms with Crippen LogP contribution in [0.2, 0.25) is 0 Å². The topological polar surface area (TPSA) is 116 Å². The Morgan fingerprint density at radius 1 is 0.750 bits per heavy atom. The predicted octanol–water partition coefficient (Wildman–Crippen LogP) is 3.33. The molecule has 0 aromatic heterocycles. The van der Waals surface area contributed by atoms with Crippen LogP contribution >= 0.6 is 0 Å². The van der Waals surface area contributed by atoms with E-state index in [4.69, 9.17) is 5.73 Å². The van der Waals surface area contributed by atoms with Crippen LogP contribution in [-0.4, -0.2) is 40.1 Å². The van der Waals surface area contributed by atoms with Gasteiger partial charge in [-0.25, -0.2) is 0 Å². The van der Waals surface area contributed by atoms with Gasteiger partial charge >= 0.3 is 121 Å². The second-order valence-corrected chi connectivity index (χ2v) is 7.16. The molecule has 2 aromatic rings. The maximum atomic E-state index is 9.98. The van der Waals surface area contributed by atoms with Gasteiger partial charge in [0.15, 0.2) is 11.6 Å². The summed E-state index contributed by atoms with van der Waals surface area (Å²) >= 11 is 1.09. The summed E-state index contributed by atoms with van der Waals surface area (Å²) in [5.41, 5.74) is 11.4. The van der Waals surface area contributed by atoms with E-state index in [0.717, 1.165) is 51.8 Å². The summed E-state index contributed by atoms with van der Waals surface area (Å²) < 4.78 is 4.33. The summed E-state index contributed by atoms with van der Waals surface area (Å²) in [6, 6.07) is 19.7. The molecule has 0 amide bonds. The molecule has 32 heavy (non-hydrogen) atoms. The first-order valence-electron chi connectivity index (χ1n) is 9.57. The van der Waals surface area contributed by atoms with Crippen LogP contribution in [0.5, 0.6) is 0 Å². The molecule has 0 spiro atoms. The van der Waals surface area contributed by atoms with Crippen molar-refractivity contribution < 1.29 is 19.8 Å². The number of ketones is 2. The van der Waals surface area contributed by atoms with Crippen molar-refractivity contribution in [2.24, 2.45) is 3.21 Å². The summed E-state index contributed by atoms with van der Waals surface area (Å²) in [7, 11) is 0. The van der Waals surface area contributed by atoms with Gasteiger partial charge in [0, 0.05) is 0 Å². The monoisotopic (exact) mass is 538 g/mol. The molecule has 0 atom stereocenters. The van der Waals surface area contributed by atoms with E-state index in [9.17, 15) is 19.8 Å². The molecule has 0 aliphatic carbocycles. The Morgan fingerprint density at radius 3 is 1.41 bits per heavy atom. The van der Waals surface area contributed by atoms with Crippen LogP contribution in [0.1, 0.15) is 38.8 Å². The second-order valence-electron chi connectivity index (χ2n) is 6.52. The van der Waals surface area contributed by atoms with Gasteiger partial charge in [-0.05, 0) is 26.0 Å². The van der Waals surface area contributed by atoms with Gasteiger partial charge in [0.25, 0.3) is 0 Å². The zero-order valence-corrected chi connectivity index (χ0v) is 21.4. The Hall–Kier alpha value is -3.13. The first-order valence-corrected chi connectivity index (χ1v) is 10.8. The fourth-order valence-corrected chi connectivity index (χ4v) is 2.75. The molecular formula is C25H26N2O4Sn-3. The number of allylic oxidation sites excluding steroid dienone is 5. The van der Waals surface area contributed by atoms with Crippen LogP contribution in [0.4, 0.5) is 0 Å². The minimum absolute atomic E-state index is 0.187. The van der Waals surface area contributed by atoms with Crippen LogP contribution in [0.3, 0.4) is 0 Å². The predicted molar refractivity (Wildman–Crippen MR) is 126 cm³/mol. The van der Waals surface area contributed by atoms with Gasteiger partial charge in [0.1, 0.15) is 0 Å². The van der Waals surface area contributed by atoms with Gasteiger partial charge in [-0.1, -0.05) is 13.8 Å². The molecule has 167 valence electrons. The van der Waals surface area contributed by atoms with Gasteiger partial charge in [-0.15, -0.1) is 11.5 Å². The molecule has 0 heterocycles. The first kappa shape index (κ1) is 28.9. The summed E-state index contributed by atoms with van der Waals surface area (Å²) in [5, 5.41) is 20.0. The van der Waals surface area contributed by atoms with Crippen molar-refractivity contribution in [3.63, 3.8) is 0 Å².